The van der Waals surface area contributed by atoms with Gasteiger partial charge in [0.25, 0.3) is 0 Å². The van der Waals surface area contributed by atoms with Gasteiger partial charge in [-0.05, 0) is 24.1 Å². The summed E-state index contributed by atoms with van der Waals surface area (Å²) in [4.78, 5) is 0. The van der Waals surface area contributed by atoms with Gasteiger partial charge in [-0.3, -0.25) is 0 Å². The van der Waals surface area contributed by atoms with Crippen LogP contribution < -0.4 is 0 Å². The van der Waals surface area contributed by atoms with Gasteiger partial charge >= 0.3 is 0 Å². The van der Waals surface area contributed by atoms with Crippen molar-refractivity contribution < 1.29 is 10.2 Å². The number of benzene rings is 1. The lowest BCUT2D eigenvalue weighted by atomic mass is 10.0. The second kappa shape index (κ2) is 4.78. The minimum absolute atomic E-state index is 0.310. The SMILES string of the molecule is OC(CCCl)C(O)c1ccc2n[nH]nc2c1. The maximum atomic E-state index is 9.85. The molecular formula is C10H12ClN3O2. The number of nitrogens with zero attached hydrogens (tertiary/aromatic N) is 2. The molecule has 1 aromatic carbocycles. The predicted octanol–water partition coefficient (Wildman–Crippen LogP) is 0.981. The van der Waals surface area contributed by atoms with Crippen molar-refractivity contribution >= 4 is 22.6 Å². The summed E-state index contributed by atoms with van der Waals surface area (Å²) in [6.07, 6.45) is -1.46. The van der Waals surface area contributed by atoms with E-state index in [9.17, 15) is 10.2 Å². The summed E-state index contributed by atoms with van der Waals surface area (Å²) in [6.45, 7) is 0. The van der Waals surface area contributed by atoms with Crippen molar-refractivity contribution in [2.24, 2.45) is 0 Å². The van der Waals surface area contributed by atoms with Crippen LogP contribution in [0.2, 0.25) is 0 Å². The Bertz CT molecular complexity index is 474. The number of hydrogen-bond acceptors (Lipinski definition) is 4. The Labute approximate surface area is 97.0 Å². The first-order valence-corrected chi connectivity index (χ1v) is 5.48. The van der Waals surface area contributed by atoms with Crippen LogP contribution in [0.4, 0.5) is 0 Å². The molecule has 6 heteroatoms. The smallest absolute Gasteiger partial charge is 0.113 e. The zero-order valence-corrected chi connectivity index (χ0v) is 9.22. The molecule has 1 aromatic heterocycles. The highest BCUT2D eigenvalue weighted by Gasteiger charge is 2.18. The molecular weight excluding hydrogens is 230 g/mol. The highest BCUT2D eigenvalue weighted by Crippen LogP contribution is 2.21. The van der Waals surface area contributed by atoms with Crippen molar-refractivity contribution in [3.05, 3.63) is 23.8 Å². The molecule has 0 saturated carbocycles. The lowest BCUT2D eigenvalue weighted by molar-refractivity contribution is 0.0171. The van der Waals surface area contributed by atoms with Crippen LogP contribution in [-0.2, 0) is 0 Å². The molecule has 0 amide bonds. The van der Waals surface area contributed by atoms with E-state index in [0.29, 0.717) is 23.4 Å². The molecule has 2 aromatic rings. The average molecular weight is 242 g/mol. The summed E-state index contributed by atoms with van der Waals surface area (Å²) < 4.78 is 0. The number of aliphatic hydroxyl groups excluding tert-OH is 2. The molecule has 1 heterocycles. The molecule has 0 saturated heterocycles. The van der Waals surface area contributed by atoms with Crippen LogP contribution in [0.15, 0.2) is 18.2 Å². The number of halogens is 1. The van der Waals surface area contributed by atoms with Crippen molar-refractivity contribution in [3.63, 3.8) is 0 Å². The molecule has 0 radical (unpaired) electrons. The summed E-state index contributed by atoms with van der Waals surface area (Å²) in [5.74, 6) is 0.310. The predicted molar refractivity (Wildman–Crippen MR) is 60.2 cm³/mol. The third-order valence-corrected chi connectivity index (χ3v) is 2.67. The Morgan fingerprint density at radius 2 is 2.00 bits per heavy atom. The second-order valence-corrected chi connectivity index (χ2v) is 3.94. The summed E-state index contributed by atoms with van der Waals surface area (Å²) in [7, 11) is 0. The molecule has 5 nitrogen and oxygen atoms in total. The molecule has 16 heavy (non-hydrogen) atoms. The number of rotatable bonds is 4. The van der Waals surface area contributed by atoms with Crippen LogP contribution >= 0.6 is 11.6 Å². The van der Waals surface area contributed by atoms with Crippen molar-refractivity contribution in [1.29, 1.82) is 0 Å². The van der Waals surface area contributed by atoms with Crippen molar-refractivity contribution in [3.8, 4) is 0 Å². The molecule has 3 N–H and O–H groups in total. The van der Waals surface area contributed by atoms with Gasteiger partial charge in [0.2, 0.25) is 0 Å². The lowest BCUT2D eigenvalue weighted by Crippen LogP contribution is -2.18. The number of aliphatic hydroxyl groups is 2. The van der Waals surface area contributed by atoms with Crippen LogP contribution in [0, 0.1) is 0 Å². The van der Waals surface area contributed by atoms with E-state index in [2.05, 4.69) is 15.4 Å². The quantitative estimate of drug-likeness (QED) is 0.697. The van der Waals surface area contributed by atoms with Gasteiger partial charge in [-0.2, -0.15) is 15.4 Å². The van der Waals surface area contributed by atoms with Gasteiger partial charge in [0.05, 0.1) is 6.10 Å². The van der Waals surface area contributed by atoms with Crippen LogP contribution in [0.3, 0.4) is 0 Å². The maximum Gasteiger partial charge on any atom is 0.113 e. The lowest BCUT2D eigenvalue weighted by Gasteiger charge is -2.16. The number of H-pyrrole nitrogens is 1. The fourth-order valence-corrected chi connectivity index (χ4v) is 1.76. The number of nitrogens with one attached hydrogen (secondary N) is 1. The van der Waals surface area contributed by atoms with E-state index in [-0.39, 0.29) is 0 Å². The maximum absolute atomic E-state index is 9.85. The molecule has 2 atom stereocenters. The van der Waals surface area contributed by atoms with E-state index in [1.165, 1.54) is 0 Å². The fourth-order valence-electron chi connectivity index (χ4n) is 1.53. The molecule has 2 rings (SSSR count). The van der Waals surface area contributed by atoms with E-state index < -0.39 is 12.2 Å². The number of aromatic nitrogens is 3. The normalized spacial score (nSPS) is 15.2. The third-order valence-electron chi connectivity index (χ3n) is 2.45. The van der Waals surface area contributed by atoms with Crippen molar-refractivity contribution in [1.82, 2.24) is 15.4 Å². The van der Waals surface area contributed by atoms with E-state index in [1.54, 1.807) is 18.2 Å². The van der Waals surface area contributed by atoms with Gasteiger partial charge in [0.15, 0.2) is 0 Å². The van der Waals surface area contributed by atoms with E-state index in [4.69, 9.17) is 11.6 Å². The Morgan fingerprint density at radius 3 is 2.75 bits per heavy atom. The Balaban J connectivity index is 2.24. The summed E-state index contributed by atoms with van der Waals surface area (Å²) in [5.41, 5.74) is 2.00. The van der Waals surface area contributed by atoms with Crippen LogP contribution in [0.1, 0.15) is 18.1 Å². The van der Waals surface area contributed by atoms with Crippen LogP contribution in [0.5, 0.6) is 0 Å². The van der Waals surface area contributed by atoms with Crippen molar-refractivity contribution in [2.75, 3.05) is 5.88 Å². The first-order chi connectivity index (χ1) is 7.72. The summed E-state index contributed by atoms with van der Waals surface area (Å²) in [6, 6.07) is 5.15. The largest absolute Gasteiger partial charge is 0.390 e. The van der Waals surface area contributed by atoms with Crippen LogP contribution in [-0.4, -0.2) is 37.6 Å². The highest BCUT2D eigenvalue weighted by atomic mass is 35.5. The highest BCUT2D eigenvalue weighted by molar-refractivity contribution is 6.17. The number of aromatic amines is 1. The molecule has 0 aliphatic heterocycles. The minimum atomic E-state index is -0.945. The summed E-state index contributed by atoms with van der Waals surface area (Å²) in [5, 5.41) is 29.8. The second-order valence-electron chi connectivity index (χ2n) is 3.56. The molecule has 2 unspecified atom stereocenters. The van der Waals surface area contributed by atoms with Crippen molar-refractivity contribution in [2.45, 2.75) is 18.6 Å². The van der Waals surface area contributed by atoms with Gasteiger partial charge in [-0.25, -0.2) is 0 Å². The summed E-state index contributed by atoms with van der Waals surface area (Å²) >= 11 is 5.51. The Hall–Kier alpha value is -1.17. The van der Waals surface area contributed by atoms with Gasteiger partial charge in [0.1, 0.15) is 17.1 Å². The van der Waals surface area contributed by atoms with Crippen LogP contribution in [0.25, 0.3) is 11.0 Å². The minimum Gasteiger partial charge on any atom is -0.390 e. The van der Waals surface area contributed by atoms with Gasteiger partial charge in [-0.15, -0.1) is 11.6 Å². The number of alkyl halides is 1. The number of fused-ring (bicyclic) bond motifs is 1. The average Bonchev–Trinajstić information content (AvgIpc) is 2.75. The molecule has 0 bridgehead atoms. The Morgan fingerprint density at radius 1 is 1.25 bits per heavy atom. The van der Waals surface area contributed by atoms with E-state index in [1.807, 2.05) is 0 Å². The van der Waals surface area contributed by atoms with Gasteiger partial charge < -0.3 is 10.2 Å². The zero-order chi connectivity index (χ0) is 11.5. The standard InChI is InChI=1S/C10H12ClN3O2/c11-4-3-9(15)10(16)6-1-2-7-8(5-6)13-14-12-7/h1-2,5,9-10,15-16H,3-4H2,(H,12,13,14). The molecule has 0 fully saturated rings. The fraction of sp³-hybridized carbons (Fsp3) is 0.400. The van der Waals surface area contributed by atoms with Gasteiger partial charge in [-0.1, -0.05) is 6.07 Å². The van der Waals surface area contributed by atoms with E-state index in [0.717, 1.165) is 5.52 Å². The van der Waals surface area contributed by atoms with E-state index >= 15 is 0 Å². The first-order valence-electron chi connectivity index (χ1n) is 4.95. The topological polar surface area (TPSA) is 82.0 Å². The zero-order valence-electron chi connectivity index (χ0n) is 8.47. The molecule has 86 valence electrons. The third kappa shape index (κ3) is 2.16. The first kappa shape index (κ1) is 11.3. The number of hydrogen-bond donors (Lipinski definition) is 3. The monoisotopic (exact) mass is 241 g/mol. The molecule has 0 aliphatic carbocycles. The molecule has 0 spiro atoms. The Kier molecular flexibility index (Phi) is 3.38. The molecule has 0 aliphatic rings. The van der Waals surface area contributed by atoms with Gasteiger partial charge in [0, 0.05) is 5.88 Å².